The predicted octanol–water partition coefficient (Wildman–Crippen LogP) is 3.11. The van der Waals surface area contributed by atoms with E-state index < -0.39 is 0 Å². The van der Waals surface area contributed by atoms with Crippen LogP contribution < -0.4 is 11.1 Å². The molecule has 2 aromatic heterocycles. The van der Waals surface area contributed by atoms with Crippen molar-refractivity contribution in [3.8, 4) is 6.07 Å². The maximum Gasteiger partial charge on any atom is 0.262 e. The van der Waals surface area contributed by atoms with Crippen LogP contribution in [0.3, 0.4) is 0 Å². The van der Waals surface area contributed by atoms with Crippen molar-refractivity contribution < 1.29 is 0 Å². The van der Waals surface area contributed by atoms with Crippen LogP contribution in [0.15, 0.2) is 75.9 Å². The number of hydrogen-bond donors (Lipinski definition) is 0. The van der Waals surface area contributed by atoms with Gasteiger partial charge in [0.2, 0.25) is 0 Å². The summed E-state index contributed by atoms with van der Waals surface area (Å²) in [6.07, 6.45) is 1.64. The monoisotopic (exact) mass is 415 g/mol. The fourth-order valence-electron chi connectivity index (χ4n) is 3.23. The molecular formula is C22H17N5O2S. The SMILES string of the molecule is C=CCn1c(SCc2nc3ccccc3c(=O)n2CC#N)nc2ccccc2c1=O. The molecular weight excluding hydrogens is 398 g/mol. The molecule has 0 fully saturated rings. The molecule has 0 atom stereocenters. The van der Waals surface area contributed by atoms with Gasteiger partial charge >= 0.3 is 0 Å². The van der Waals surface area contributed by atoms with Gasteiger partial charge in [-0.3, -0.25) is 18.7 Å². The zero-order valence-corrected chi connectivity index (χ0v) is 16.8. The lowest BCUT2D eigenvalue weighted by atomic mass is 10.2. The molecule has 2 aromatic carbocycles. The maximum absolute atomic E-state index is 12.9. The molecule has 8 heteroatoms. The third kappa shape index (κ3) is 3.51. The summed E-state index contributed by atoms with van der Waals surface area (Å²) in [6.45, 7) is 3.94. The second-order valence-electron chi connectivity index (χ2n) is 6.50. The van der Waals surface area contributed by atoms with E-state index in [0.717, 1.165) is 0 Å². The van der Waals surface area contributed by atoms with Crippen LogP contribution in [0.2, 0.25) is 0 Å². The van der Waals surface area contributed by atoms with E-state index >= 15 is 0 Å². The number of benzene rings is 2. The highest BCUT2D eigenvalue weighted by Gasteiger charge is 2.14. The number of fused-ring (bicyclic) bond motifs is 2. The Morgan fingerprint density at radius 3 is 2.20 bits per heavy atom. The van der Waals surface area contributed by atoms with E-state index in [1.165, 1.54) is 16.3 Å². The molecule has 7 nitrogen and oxygen atoms in total. The van der Waals surface area contributed by atoms with Crippen molar-refractivity contribution in [1.29, 1.82) is 5.26 Å². The van der Waals surface area contributed by atoms with Crippen molar-refractivity contribution in [2.45, 2.75) is 24.0 Å². The average Bonchev–Trinajstić information content (AvgIpc) is 2.77. The van der Waals surface area contributed by atoms with Gasteiger partial charge in [0.25, 0.3) is 11.1 Å². The van der Waals surface area contributed by atoms with Crippen LogP contribution in [0.4, 0.5) is 0 Å². The number of thioether (sulfide) groups is 1. The van der Waals surface area contributed by atoms with Gasteiger partial charge in [-0.25, -0.2) is 9.97 Å². The summed E-state index contributed by atoms with van der Waals surface area (Å²) in [4.78, 5) is 34.9. The summed E-state index contributed by atoms with van der Waals surface area (Å²) < 4.78 is 2.92. The Hall–Kier alpha value is -3.70. The summed E-state index contributed by atoms with van der Waals surface area (Å²) in [7, 11) is 0. The largest absolute Gasteiger partial charge is 0.283 e. The van der Waals surface area contributed by atoms with Gasteiger partial charge in [-0.15, -0.1) is 6.58 Å². The Morgan fingerprint density at radius 2 is 1.57 bits per heavy atom. The van der Waals surface area contributed by atoms with E-state index in [9.17, 15) is 14.9 Å². The van der Waals surface area contributed by atoms with Gasteiger partial charge in [-0.05, 0) is 24.3 Å². The minimum absolute atomic E-state index is 0.100. The Labute approximate surface area is 175 Å². The first-order chi connectivity index (χ1) is 14.6. The van der Waals surface area contributed by atoms with E-state index in [-0.39, 0.29) is 23.4 Å². The number of nitrogens with zero attached hydrogens (tertiary/aromatic N) is 5. The molecule has 0 aliphatic carbocycles. The number of aromatic nitrogens is 4. The summed E-state index contributed by atoms with van der Waals surface area (Å²) in [5.74, 6) is 0.738. The van der Waals surface area contributed by atoms with Gasteiger partial charge in [0.05, 0.1) is 33.6 Å². The van der Waals surface area contributed by atoms with Crippen LogP contribution in [0.25, 0.3) is 21.8 Å². The summed E-state index contributed by atoms with van der Waals surface area (Å²) in [5, 5.41) is 10.7. The Kier molecular flexibility index (Phi) is 5.46. The highest BCUT2D eigenvalue weighted by molar-refractivity contribution is 7.98. The van der Waals surface area contributed by atoms with Gasteiger partial charge < -0.3 is 0 Å². The minimum atomic E-state index is -0.257. The second-order valence-corrected chi connectivity index (χ2v) is 7.44. The molecule has 0 saturated carbocycles. The number of nitriles is 1. The first-order valence-corrected chi connectivity index (χ1v) is 10.2. The third-order valence-electron chi connectivity index (χ3n) is 4.64. The van der Waals surface area contributed by atoms with Gasteiger partial charge in [0.15, 0.2) is 5.16 Å². The molecule has 0 amide bonds. The highest BCUT2D eigenvalue weighted by Crippen LogP contribution is 2.22. The van der Waals surface area contributed by atoms with Gasteiger partial charge in [-0.1, -0.05) is 42.1 Å². The first kappa shape index (κ1) is 19.6. The van der Waals surface area contributed by atoms with Crippen molar-refractivity contribution in [1.82, 2.24) is 19.1 Å². The van der Waals surface area contributed by atoms with Crippen LogP contribution in [0.1, 0.15) is 5.82 Å². The molecule has 148 valence electrons. The molecule has 0 aliphatic rings. The van der Waals surface area contributed by atoms with Crippen molar-refractivity contribution in [3.63, 3.8) is 0 Å². The summed E-state index contributed by atoms with van der Waals surface area (Å²) in [5.41, 5.74) is 0.769. The number of hydrogen-bond acceptors (Lipinski definition) is 6. The zero-order valence-electron chi connectivity index (χ0n) is 16.0. The Balaban J connectivity index is 1.80. The topological polar surface area (TPSA) is 93.6 Å². The fourth-order valence-corrected chi connectivity index (χ4v) is 4.19. The molecule has 0 spiro atoms. The van der Waals surface area contributed by atoms with Crippen molar-refractivity contribution in [2.24, 2.45) is 0 Å². The highest BCUT2D eigenvalue weighted by atomic mass is 32.2. The lowest BCUT2D eigenvalue weighted by Gasteiger charge is -2.13. The molecule has 0 saturated heterocycles. The number of allylic oxidation sites excluding steroid dienone is 1. The summed E-state index contributed by atoms with van der Waals surface area (Å²) >= 11 is 1.30. The van der Waals surface area contributed by atoms with Crippen LogP contribution in [0, 0.1) is 11.3 Å². The predicted molar refractivity (Wildman–Crippen MR) is 117 cm³/mol. The molecule has 0 unspecified atom stereocenters. The molecule has 2 heterocycles. The molecule has 4 aromatic rings. The van der Waals surface area contributed by atoms with E-state index in [4.69, 9.17) is 0 Å². The van der Waals surface area contributed by atoms with Gasteiger partial charge in [0, 0.05) is 6.54 Å². The van der Waals surface area contributed by atoms with Crippen LogP contribution in [0.5, 0.6) is 0 Å². The normalized spacial score (nSPS) is 10.9. The lowest BCUT2D eigenvalue weighted by molar-refractivity contribution is 0.669. The van der Waals surface area contributed by atoms with Crippen LogP contribution in [-0.2, 0) is 18.8 Å². The molecule has 4 rings (SSSR count). The smallest absolute Gasteiger partial charge is 0.262 e. The first-order valence-electron chi connectivity index (χ1n) is 9.22. The molecule has 0 bridgehead atoms. The second kappa shape index (κ2) is 8.35. The quantitative estimate of drug-likeness (QED) is 0.273. The third-order valence-corrected chi connectivity index (χ3v) is 5.61. The number of para-hydroxylation sites is 2. The molecule has 0 aliphatic heterocycles. The Bertz CT molecular complexity index is 1430. The van der Waals surface area contributed by atoms with Gasteiger partial charge in [-0.2, -0.15) is 5.26 Å². The van der Waals surface area contributed by atoms with E-state index in [1.54, 1.807) is 47.0 Å². The van der Waals surface area contributed by atoms with Gasteiger partial charge in [0.1, 0.15) is 12.4 Å². The molecule has 0 radical (unpaired) electrons. The Morgan fingerprint density at radius 1 is 0.967 bits per heavy atom. The van der Waals surface area contributed by atoms with Crippen LogP contribution >= 0.6 is 11.8 Å². The molecule has 30 heavy (non-hydrogen) atoms. The van der Waals surface area contributed by atoms with E-state index in [0.29, 0.717) is 39.3 Å². The lowest BCUT2D eigenvalue weighted by Crippen LogP contribution is -2.25. The summed E-state index contributed by atoms with van der Waals surface area (Å²) in [6, 6.07) is 16.2. The van der Waals surface area contributed by atoms with E-state index in [1.807, 2.05) is 18.2 Å². The molecule has 0 N–H and O–H groups in total. The average molecular weight is 415 g/mol. The number of rotatable bonds is 6. The van der Waals surface area contributed by atoms with Crippen molar-refractivity contribution >= 4 is 33.6 Å². The zero-order chi connectivity index (χ0) is 21.1. The maximum atomic E-state index is 12.9. The van der Waals surface area contributed by atoms with Crippen LogP contribution in [-0.4, -0.2) is 19.1 Å². The fraction of sp³-hybridized carbons (Fsp3) is 0.136. The van der Waals surface area contributed by atoms with E-state index in [2.05, 4.69) is 16.5 Å². The standard InChI is InChI=1S/C22H17N5O2S/c1-2-12-27-21(29)16-8-4-6-10-18(16)25-22(27)30-14-19-24-17-9-5-3-7-15(17)20(28)26(19)13-11-23/h2-10H,1,12-14H2. The minimum Gasteiger partial charge on any atom is -0.283 e. The van der Waals surface area contributed by atoms with Crippen molar-refractivity contribution in [2.75, 3.05) is 0 Å². The van der Waals surface area contributed by atoms with Crippen molar-refractivity contribution in [3.05, 3.63) is 87.7 Å².